The lowest BCUT2D eigenvalue weighted by atomic mass is 10.2. The fraction of sp³-hybridized carbons (Fsp3) is 0.0909. The SMILES string of the molecule is O=C1NN=C/C(=N/N=C\c2cccc(O)c2)C1Br. The van der Waals surface area contributed by atoms with E-state index in [9.17, 15) is 9.90 Å². The zero-order valence-corrected chi connectivity index (χ0v) is 10.7. The summed E-state index contributed by atoms with van der Waals surface area (Å²) in [5.74, 6) is -0.132. The third-order valence-corrected chi connectivity index (χ3v) is 3.00. The molecule has 1 aromatic rings. The molecule has 1 unspecified atom stereocenters. The van der Waals surface area contributed by atoms with Crippen molar-refractivity contribution in [2.24, 2.45) is 15.3 Å². The van der Waals surface area contributed by atoms with Gasteiger partial charge in [-0.05, 0) is 17.7 Å². The van der Waals surface area contributed by atoms with Crippen LogP contribution in [0.5, 0.6) is 5.75 Å². The van der Waals surface area contributed by atoms with E-state index >= 15 is 0 Å². The van der Waals surface area contributed by atoms with Crippen molar-refractivity contribution in [1.82, 2.24) is 5.43 Å². The third kappa shape index (κ3) is 3.01. The number of alkyl halides is 1. The van der Waals surface area contributed by atoms with Crippen molar-refractivity contribution in [2.45, 2.75) is 4.83 Å². The number of carbonyl (C=O) groups is 1. The van der Waals surface area contributed by atoms with Crippen LogP contribution in [0.4, 0.5) is 0 Å². The average Bonchev–Trinajstić information content (AvgIpc) is 2.35. The molecule has 2 rings (SSSR count). The Labute approximate surface area is 111 Å². The topological polar surface area (TPSA) is 86.4 Å². The van der Waals surface area contributed by atoms with Crippen LogP contribution in [0, 0.1) is 0 Å². The van der Waals surface area contributed by atoms with Crippen molar-refractivity contribution in [3.63, 3.8) is 0 Å². The number of hydrazone groups is 1. The van der Waals surface area contributed by atoms with Crippen LogP contribution in [0.1, 0.15) is 5.56 Å². The number of carbonyl (C=O) groups excluding carboxylic acids is 1. The second-order valence-electron chi connectivity index (χ2n) is 3.46. The lowest BCUT2D eigenvalue weighted by molar-refractivity contribution is -0.119. The molecular weight excluding hydrogens is 300 g/mol. The molecule has 0 saturated carbocycles. The largest absolute Gasteiger partial charge is 0.508 e. The van der Waals surface area contributed by atoms with Crippen molar-refractivity contribution in [2.75, 3.05) is 0 Å². The van der Waals surface area contributed by atoms with Crippen molar-refractivity contribution in [1.29, 1.82) is 0 Å². The van der Waals surface area contributed by atoms with Gasteiger partial charge in [0.2, 0.25) is 0 Å². The van der Waals surface area contributed by atoms with Gasteiger partial charge in [0.15, 0.2) is 0 Å². The number of nitrogens with one attached hydrogen (secondary N) is 1. The van der Waals surface area contributed by atoms with Crippen molar-refractivity contribution in [3.05, 3.63) is 29.8 Å². The number of hydrogen-bond donors (Lipinski definition) is 2. The lowest BCUT2D eigenvalue weighted by Crippen LogP contribution is -2.38. The van der Waals surface area contributed by atoms with Crippen LogP contribution >= 0.6 is 15.9 Å². The Morgan fingerprint density at radius 1 is 1.50 bits per heavy atom. The van der Waals surface area contributed by atoms with Crippen molar-refractivity contribution in [3.8, 4) is 5.75 Å². The van der Waals surface area contributed by atoms with E-state index in [4.69, 9.17) is 0 Å². The van der Waals surface area contributed by atoms with Crippen molar-refractivity contribution >= 4 is 40.0 Å². The fourth-order valence-electron chi connectivity index (χ4n) is 1.26. The minimum atomic E-state index is -0.559. The molecule has 0 fully saturated rings. The Morgan fingerprint density at radius 2 is 2.33 bits per heavy atom. The number of phenolic OH excluding ortho intramolecular Hbond substituents is 1. The first-order chi connectivity index (χ1) is 8.66. The Hall–Kier alpha value is -2.02. The summed E-state index contributed by atoms with van der Waals surface area (Å²) in [7, 11) is 0. The Morgan fingerprint density at radius 3 is 3.11 bits per heavy atom. The molecular formula is C11H9BrN4O2. The number of halogens is 1. The number of hydrogen-bond acceptors (Lipinski definition) is 5. The number of amides is 1. The molecule has 0 spiro atoms. The fourth-order valence-corrected chi connectivity index (χ4v) is 1.57. The molecule has 0 aliphatic carbocycles. The van der Waals surface area contributed by atoms with Gasteiger partial charge in [0.1, 0.15) is 16.3 Å². The van der Waals surface area contributed by atoms with Gasteiger partial charge in [-0.3, -0.25) is 4.79 Å². The van der Waals surface area contributed by atoms with Gasteiger partial charge in [-0.2, -0.15) is 15.3 Å². The molecule has 7 heteroatoms. The number of benzene rings is 1. The van der Waals surface area contributed by atoms with Gasteiger partial charge in [-0.1, -0.05) is 28.1 Å². The van der Waals surface area contributed by atoms with Gasteiger partial charge >= 0.3 is 0 Å². The first-order valence-electron chi connectivity index (χ1n) is 5.04. The van der Waals surface area contributed by atoms with Gasteiger partial charge in [0.05, 0.1) is 12.4 Å². The Bertz CT molecular complexity index is 554. The third-order valence-electron chi connectivity index (χ3n) is 2.11. The maximum Gasteiger partial charge on any atom is 0.260 e. The van der Waals surface area contributed by atoms with Crippen molar-refractivity contribution < 1.29 is 9.90 Å². The van der Waals surface area contributed by atoms with E-state index < -0.39 is 4.83 Å². The van der Waals surface area contributed by atoms with E-state index in [0.29, 0.717) is 11.3 Å². The highest BCUT2D eigenvalue weighted by Gasteiger charge is 2.23. The highest BCUT2D eigenvalue weighted by Crippen LogP contribution is 2.09. The van der Waals surface area contributed by atoms with Gasteiger partial charge in [-0.15, -0.1) is 0 Å². The maximum absolute atomic E-state index is 11.2. The molecule has 1 heterocycles. The Kier molecular flexibility index (Phi) is 3.83. The molecule has 92 valence electrons. The average molecular weight is 309 g/mol. The van der Waals surface area contributed by atoms with E-state index in [0.717, 1.165) is 0 Å². The van der Waals surface area contributed by atoms with Crippen LogP contribution in [-0.4, -0.2) is 34.0 Å². The summed E-state index contributed by atoms with van der Waals surface area (Å²) in [6.07, 6.45) is 2.90. The lowest BCUT2D eigenvalue weighted by Gasteiger charge is -2.10. The first-order valence-corrected chi connectivity index (χ1v) is 5.95. The van der Waals surface area contributed by atoms with E-state index in [2.05, 4.69) is 36.7 Å². The molecule has 1 amide bonds. The van der Waals surface area contributed by atoms with E-state index in [1.807, 2.05) is 0 Å². The summed E-state index contributed by atoms with van der Waals surface area (Å²) in [6, 6.07) is 6.59. The molecule has 0 radical (unpaired) electrons. The summed E-state index contributed by atoms with van der Waals surface area (Å²) < 4.78 is 0. The highest BCUT2D eigenvalue weighted by atomic mass is 79.9. The first kappa shape index (κ1) is 12.4. The summed E-state index contributed by atoms with van der Waals surface area (Å²) in [6.45, 7) is 0. The van der Waals surface area contributed by atoms with Crippen LogP contribution in [0.2, 0.25) is 0 Å². The van der Waals surface area contributed by atoms with Crippen LogP contribution in [0.15, 0.2) is 39.6 Å². The normalized spacial score (nSPS) is 21.5. The van der Waals surface area contributed by atoms with Crippen LogP contribution in [-0.2, 0) is 4.79 Å². The zero-order chi connectivity index (χ0) is 13.0. The second-order valence-corrected chi connectivity index (χ2v) is 4.38. The van der Waals surface area contributed by atoms with Gasteiger partial charge < -0.3 is 5.11 Å². The number of phenols is 1. The quantitative estimate of drug-likeness (QED) is 0.486. The molecule has 1 aromatic carbocycles. The minimum Gasteiger partial charge on any atom is -0.508 e. The van der Waals surface area contributed by atoms with Crippen LogP contribution in [0.25, 0.3) is 0 Å². The molecule has 0 saturated heterocycles. The zero-order valence-electron chi connectivity index (χ0n) is 9.12. The second kappa shape index (κ2) is 5.54. The highest BCUT2D eigenvalue weighted by molar-refractivity contribution is 9.10. The molecule has 0 bridgehead atoms. The standard InChI is InChI=1S/C11H9BrN4O2/c12-10-9(6-14-16-11(10)18)15-13-5-7-2-1-3-8(17)4-7/h1-6,10,17H,(H,16,18)/b13-5-,15-9-. The predicted octanol–water partition coefficient (Wildman–Crippen LogP) is 1.05. The Balaban J connectivity index is 2.13. The van der Waals surface area contributed by atoms with Crippen LogP contribution < -0.4 is 5.43 Å². The van der Waals surface area contributed by atoms with E-state index in [-0.39, 0.29) is 11.7 Å². The molecule has 1 aliphatic rings. The van der Waals surface area contributed by atoms with Gasteiger partial charge in [0.25, 0.3) is 5.91 Å². The summed E-state index contributed by atoms with van der Waals surface area (Å²) in [5.41, 5.74) is 3.42. The number of rotatable bonds is 2. The van der Waals surface area contributed by atoms with E-state index in [1.54, 1.807) is 24.3 Å². The minimum absolute atomic E-state index is 0.156. The van der Waals surface area contributed by atoms with Gasteiger partial charge in [-0.25, -0.2) is 5.43 Å². The monoisotopic (exact) mass is 308 g/mol. The summed E-state index contributed by atoms with van der Waals surface area (Å²) >= 11 is 3.17. The number of aromatic hydroxyl groups is 1. The molecule has 2 N–H and O–H groups in total. The van der Waals surface area contributed by atoms with Gasteiger partial charge in [0, 0.05) is 0 Å². The number of nitrogens with zero attached hydrogens (tertiary/aromatic N) is 3. The molecule has 6 nitrogen and oxygen atoms in total. The summed E-state index contributed by atoms with van der Waals surface area (Å²) in [5, 5.41) is 20.6. The van der Waals surface area contributed by atoms with Crippen LogP contribution in [0.3, 0.4) is 0 Å². The molecule has 1 aliphatic heterocycles. The summed E-state index contributed by atoms with van der Waals surface area (Å²) in [4.78, 5) is 10.7. The smallest absolute Gasteiger partial charge is 0.260 e. The predicted molar refractivity (Wildman–Crippen MR) is 72.5 cm³/mol. The van der Waals surface area contributed by atoms with E-state index in [1.165, 1.54) is 12.4 Å². The molecule has 1 atom stereocenters. The molecule has 18 heavy (non-hydrogen) atoms. The maximum atomic E-state index is 11.2. The molecule has 0 aromatic heterocycles.